The summed E-state index contributed by atoms with van der Waals surface area (Å²) >= 11 is 0. The molecule has 2 heterocycles. The van der Waals surface area contributed by atoms with Gasteiger partial charge in [0.05, 0.1) is 11.8 Å². The third-order valence-corrected chi connectivity index (χ3v) is 5.87. The molecule has 3 aromatic rings. The maximum atomic E-state index is 6.46. The van der Waals surface area contributed by atoms with Crippen LogP contribution in [0.3, 0.4) is 0 Å². The van der Waals surface area contributed by atoms with Gasteiger partial charge in [0, 0.05) is 17.5 Å². The Labute approximate surface area is 172 Å². The standard InChI is InChI=1S/C26H26N2O/c1-26(2,3)20-15-13-19(14-16-20)25-28-23(21-11-7-8-12-24(21)29-25)17-22(27-28)18-9-5-4-6-10-18/h4-16,23,25H,17H2,1-3H3/t23-,25+/m1/s1. The van der Waals surface area contributed by atoms with E-state index in [4.69, 9.17) is 9.84 Å². The topological polar surface area (TPSA) is 24.8 Å². The molecule has 5 rings (SSSR count). The Hall–Kier alpha value is -3.07. The average molecular weight is 383 g/mol. The predicted molar refractivity (Wildman–Crippen MR) is 117 cm³/mol. The number of hydrogen-bond acceptors (Lipinski definition) is 3. The molecule has 146 valence electrons. The zero-order valence-electron chi connectivity index (χ0n) is 17.2. The number of para-hydroxylation sites is 1. The summed E-state index contributed by atoms with van der Waals surface area (Å²) in [7, 11) is 0. The summed E-state index contributed by atoms with van der Waals surface area (Å²) in [6, 6.07) is 27.8. The van der Waals surface area contributed by atoms with Crippen molar-refractivity contribution in [1.82, 2.24) is 5.01 Å². The smallest absolute Gasteiger partial charge is 0.213 e. The van der Waals surface area contributed by atoms with Gasteiger partial charge in [-0.25, -0.2) is 5.01 Å². The summed E-state index contributed by atoms with van der Waals surface area (Å²) in [5.74, 6) is 0.961. The van der Waals surface area contributed by atoms with Crippen molar-refractivity contribution in [2.24, 2.45) is 5.10 Å². The van der Waals surface area contributed by atoms with Gasteiger partial charge in [0.1, 0.15) is 5.75 Å². The summed E-state index contributed by atoms with van der Waals surface area (Å²) in [6.07, 6.45) is 0.672. The first-order valence-electron chi connectivity index (χ1n) is 10.3. The van der Waals surface area contributed by atoms with Gasteiger partial charge in [0.25, 0.3) is 0 Å². The van der Waals surface area contributed by atoms with E-state index in [0.29, 0.717) is 0 Å². The zero-order chi connectivity index (χ0) is 20.0. The first kappa shape index (κ1) is 18.0. The summed E-state index contributed by atoms with van der Waals surface area (Å²) in [5.41, 5.74) is 6.10. The maximum Gasteiger partial charge on any atom is 0.213 e. The fourth-order valence-corrected chi connectivity index (χ4v) is 4.21. The lowest BCUT2D eigenvalue weighted by Gasteiger charge is -2.38. The Morgan fingerprint density at radius 3 is 2.28 bits per heavy atom. The molecule has 0 aliphatic carbocycles. The first-order valence-corrected chi connectivity index (χ1v) is 10.3. The minimum Gasteiger partial charge on any atom is -0.464 e. The van der Waals surface area contributed by atoms with Gasteiger partial charge in [-0.05, 0) is 22.6 Å². The largest absolute Gasteiger partial charge is 0.464 e. The quantitative estimate of drug-likeness (QED) is 0.525. The lowest BCUT2D eigenvalue weighted by molar-refractivity contribution is -0.0190. The molecule has 0 N–H and O–H groups in total. The molecule has 0 bridgehead atoms. The molecule has 0 fully saturated rings. The Morgan fingerprint density at radius 2 is 1.55 bits per heavy atom. The van der Waals surface area contributed by atoms with E-state index in [-0.39, 0.29) is 17.7 Å². The van der Waals surface area contributed by atoms with Crippen LogP contribution in [0.2, 0.25) is 0 Å². The van der Waals surface area contributed by atoms with Crippen LogP contribution in [0.25, 0.3) is 0 Å². The highest BCUT2D eigenvalue weighted by Gasteiger charge is 2.40. The fraction of sp³-hybridized carbons (Fsp3) is 0.269. The Morgan fingerprint density at radius 1 is 0.862 bits per heavy atom. The van der Waals surface area contributed by atoms with Crippen molar-refractivity contribution in [1.29, 1.82) is 0 Å². The Kier molecular flexibility index (Phi) is 4.20. The summed E-state index contributed by atoms with van der Waals surface area (Å²) < 4.78 is 6.46. The number of fused-ring (bicyclic) bond motifs is 3. The molecule has 0 radical (unpaired) electrons. The monoisotopic (exact) mass is 382 g/mol. The van der Waals surface area contributed by atoms with E-state index < -0.39 is 0 Å². The molecule has 2 aliphatic rings. The SMILES string of the molecule is CC(C)(C)c1ccc([C@@H]2Oc3ccccc3[C@H]3CC(c4ccccc4)=NN32)cc1. The number of ether oxygens (including phenoxy) is 1. The second-order valence-corrected chi connectivity index (χ2v) is 8.89. The van der Waals surface area contributed by atoms with E-state index in [1.807, 2.05) is 12.1 Å². The van der Waals surface area contributed by atoms with Crippen molar-refractivity contribution < 1.29 is 4.74 Å². The molecule has 0 unspecified atom stereocenters. The van der Waals surface area contributed by atoms with Gasteiger partial charge in [-0.15, -0.1) is 0 Å². The van der Waals surface area contributed by atoms with Crippen LogP contribution in [-0.2, 0) is 5.41 Å². The van der Waals surface area contributed by atoms with E-state index in [2.05, 4.69) is 92.5 Å². The molecule has 2 aliphatic heterocycles. The zero-order valence-corrected chi connectivity index (χ0v) is 17.2. The van der Waals surface area contributed by atoms with Gasteiger partial charge in [0.15, 0.2) is 0 Å². The number of rotatable bonds is 2. The molecular formula is C26H26N2O. The number of hydrazone groups is 1. The molecule has 0 spiro atoms. The molecular weight excluding hydrogens is 356 g/mol. The van der Waals surface area contributed by atoms with E-state index in [1.54, 1.807) is 0 Å². The van der Waals surface area contributed by atoms with Crippen molar-refractivity contribution in [3.8, 4) is 5.75 Å². The molecule has 2 atom stereocenters. The lowest BCUT2D eigenvalue weighted by Crippen LogP contribution is -2.33. The van der Waals surface area contributed by atoms with Crippen molar-refractivity contribution in [2.75, 3.05) is 0 Å². The average Bonchev–Trinajstić information content (AvgIpc) is 3.19. The number of nitrogens with zero attached hydrogens (tertiary/aromatic N) is 2. The molecule has 0 amide bonds. The normalized spacial score (nSPS) is 20.5. The minimum atomic E-state index is -0.217. The Bertz CT molecular complexity index is 1050. The fourth-order valence-electron chi connectivity index (χ4n) is 4.21. The van der Waals surface area contributed by atoms with Crippen LogP contribution in [0.4, 0.5) is 0 Å². The predicted octanol–water partition coefficient (Wildman–Crippen LogP) is 6.23. The van der Waals surface area contributed by atoms with Crippen LogP contribution in [-0.4, -0.2) is 10.7 Å². The molecule has 3 heteroatoms. The van der Waals surface area contributed by atoms with E-state index in [0.717, 1.165) is 23.4 Å². The molecule has 0 aromatic heterocycles. The molecule has 29 heavy (non-hydrogen) atoms. The molecule has 3 nitrogen and oxygen atoms in total. The summed E-state index contributed by atoms with van der Waals surface area (Å²) in [5, 5.41) is 7.18. The van der Waals surface area contributed by atoms with Crippen LogP contribution >= 0.6 is 0 Å². The molecule has 0 saturated carbocycles. The van der Waals surface area contributed by atoms with E-state index in [1.165, 1.54) is 16.7 Å². The molecule has 0 saturated heterocycles. The summed E-state index contributed by atoms with van der Waals surface area (Å²) in [4.78, 5) is 0. The van der Waals surface area contributed by atoms with Crippen molar-refractivity contribution >= 4 is 5.71 Å². The third kappa shape index (κ3) is 3.21. The van der Waals surface area contributed by atoms with Gasteiger partial charge >= 0.3 is 0 Å². The van der Waals surface area contributed by atoms with Gasteiger partial charge in [-0.2, -0.15) is 5.10 Å². The number of benzene rings is 3. The van der Waals surface area contributed by atoms with Crippen LogP contribution < -0.4 is 4.74 Å². The lowest BCUT2D eigenvalue weighted by atomic mass is 9.86. The maximum absolute atomic E-state index is 6.46. The molecule has 3 aromatic carbocycles. The first-order chi connectivity index (χ1) is 14.0. The van der Waals surface area contributed by atoms with Crippen LogP contribution in [0.15, 0.2) is 84.0 Å². The summed E-state index contributed by atoms with van der Waals surface area (Å²) in [6.45, 7) is 6.72. The van der Waals surface area contributed by atoms with Gasteiger partial charge in [0.2, 0.25) is 6.23 Å². The van der Waals surface area contributed by atoms with Crippen LogP contribution in [0, 0.1) is 0 Å². The Balaban J connectivity index is 1.56. The highest BCUT2D eigenvalue weighted by atomic mass is 16.5. The number of hydrogen-bond donors (Lipinski definition) is 0. The van der Waals surface area contributed by atoms with Crippen LogP contribution in [0.1, 0.15) is 61.7 Å². The van der Waals surface area contributed by atoms with Gasteiger partial charge in [-0.3, -0.25) is 0 Å². The van der Waals surface area contributed by atoms with Crippen LogP contribution in [0.5, 0.6) is 5.75 Å². The van der Waals surface area contributed by atoms with E-state index in [9.17, 15) is 0 Å². The highest BCUT2D eigenvalue weighted by molar-refractivity contribution is 6.01. The minimum absolute atomic E-state index is 0.132. The van der Waals surface area contributed by atoms with Gasteiger partial charge in [-0.1, -0.05) is 93.6 Å². The van der Waals surface area contributed by atoms with Crippen molar-refractivity contribution in [3.63, 3.8) is 0 Å². The second kappa shape index (κ2) is 6.77. The van der Waals surface area contributed by atoms with Gasteiger partial charge < -0.3 is 4.74 Å². The van der Waals surface area contributed by atoms with Crippen molar-refractivity contribution in [2.45, 2.75) is 44.9 Å². The van der Waals surface area contributed by atoms with E-state index >= 15 is 0 Å². The highest BCUT2D eigenvalue weighted by Crippen LogP contribution is 2.47. The second-order valence-electron chi connectivity index (χ2n) is 8.89. The third-order valence-electron chi connectivity index (χ3n) is 5.87. The van der Waals surface area contributed by atoms with Crippen molar-refractivity contribution in [3.05, 3.63) is 101 Å².